The molecule has 1 heterocycles. The molecule has 0 saturated carbocycles. The van der Waals surface area contributed by atoms with Crippen molar-refractivity contribution >= 4 is 38.7 Å². The lowest BCUT2D eigenvalue weighted by Gasteiger charge is -2.17. The Balaban J connectivity index is 2.23. The number of hydrogen-bond acceptors (Lipinski definition) is 7. The van der Waals surface area contributed by atoms with E-state index in [1.165, 1.54) is 37.8 Å². The topological polar surface area (TPSA) is 93.7 Å². The second kappa shape index (κ2) is 11.2. The summed E-state index contributed by atoms with van der Waals surface area (Å²) in [5, 5.41) is 4.89. The fourth-order valence-corrected chi connectivity index (χ4v) is 5.21. The van der Waals surface area contributed by atoms with Crippen LogP contribution in [0.3, 0.4) is 0 Å². The van der Waals surface area contributed by atoms with Crippen LogP contribution in [0.15, 0.2) is 34.5 Å². The fourth-order valence-electron chi connectivity index (χ4n) is 2.80. The van der Waals surface area contributed by atoms with Crippen molar-refractivity contribution < 1.29 is 22.7 Å². The molecule has 0 unspecified atom stereocenters. The molecule has 2 N–H and O–H groups in total. The van der Waals surface area contributed by atoms with Gasteiger partial charge < -0.3 is 14.8 Å². The number of carbonyl (C=O) groups is 1. The molecule has 0 bridgehead atoms. The highest BCUT2D eigenvalue weighted by molar-refractivity contribution is 7.93. The largest absolute Gasteiger partial charge is 0.489 e. The van der Waals surface area contributed by atoms with Crippen molar-refractivity contribution in [2.45, 2.75) is 57.5 Å². The molecule has 0 saturated heterocycles. The summed E-state index contributed by atoms with van der Waals surface area (Å²) in [5.74, 6) is -0.270. The van der Waals surface area contributed by atoms with E-state index in [1.807, 2.05) is 13.8 Å². The van der Waals surface area contributed by atoms with Gasteiger partial charge in [0.2, 0.25) is 0 Å². The summed E-state index contributed by atoms with van der Waals surface area (Å²) >= 11 is 1.02. The maximum absolute atomic E-state index is 12.9. The van der Waals surface area contributed by atoms with Crippen molar-refractivity contribution in [3.05, 3.63) is 34.5 Å². The summed E-state index contributed by atoms with van der Waals surface area (Å²) < 4.78 is 38.9. The van der Waals surface area contributed by atoms with Crippen molar-refractivity contribution in [1.29, 1.82) is 0 Å². The minimum atomic E-state index is -3.99. The Morgan fingerprint density at radius 1 is 1.17 bits per heavy atom. The Morgan fingerprint density at radius 2 is 1.93 bits per heavy atom. The van der Waals surface area contributed by atoms with Gasteiger partial charge in [0, 0.05) is 18.3 Å². The Bertz CT molecular complexity index is 939. The van der Waals surface area contributed by atoms with Gasteiger partial charge in [-0.2, -0.15) is 0 Å². The number of nitrogens with one attached hydrogen (secondary N) is 2. The number of methoxy groups -OCH3 is 1. The third-order valence-corrected chi connectivity index (χ3v) is 6.67. The number of thiophene rings is 1. The number of unbranched alkanes of at least 4 members (excludes halogenated alkanes) is 3. The van der Waals surface area contributed by atoms with Crippen LogP contribution in [0.4, 0.5) is 11.4 Å². The van der Waals surface area contributed by atoms with Gasteiger partial charge >= 0.3 is 5.97 Å². The van der Waals surface area contributed by atoms with Gasteiger partial charge in [0.25, 0.3) is 10.0 Å². The van der Waals surface area contributed by atoms with Crippen LogP contribution in [-0.4, -0.2) is 34.1 Å². The third-order valence-electron chi connectivity index (χ3n) is 4.24. The van der Waals surface area contributed by atoms with Gasteiger partial charge in [-0.25, -0.2) is 13.2 Å². The zero-order valence-electron chi connectivity index (χ0n) is 17.9. The van der Waals surface area contributed by atoms with Crippen LogP contribution in [0.2, 0.25) is 0 Å². The second-order valence-electron chi connectivity index (χ2n) is 7.08. The smallest absolute Gasteiger partial charge is 0.349 e. The molecule has 1 aromatic heterocycles. The monoisotopic (exact) mass is 454 g/mol. The SMILES string of the molecule is CCCCCCNc1ccc(NS(=O)(=O)c2ccsc2C(=O)OC)c(OC(C)C)c1. The molecule has 0 aliphatic carbocycles. The first-order valence-electron chi connectivity index (χ1n) is 10.0. The standard InChI is InChI=1S/C21H30N2O5S2/c1-5-6-7-8-12-22-16-9-10-17(18(14-16)28-15(2)3)23-30(25,26)19-11-13-29-20(19)21(24)27-4/h9-11,13-15,22-23H,5-8,12H2,1-4H3. The third kappa shape index (κ3) is 6.63. The van der Waals surface area contributed by atoms with Crippen molar-refractivity contribution in [2.75, 3.05) is 23.7 Å². The minimum Gasteiger partial charge on any atom is -0.489 e. The van der Waals surface area contributed by atoms with Gasteiger partial charge in [-0.3, -0.25) is 4.72 Å². The van der Waals surface area contributed by atoms with Crippen LogP contribution >= 0.6 is 11.3 Å². The van der Waals surface area contributed by atoms with Gasteiger partial charge in [-0.1, -0.05) is 26.2 Å². The van der Waals surface area contributed by atoms with Crippen LogP contribution < -0.4 is 14.8 Å². The van der Waals surface area contributed by atoms with E-state index in [0.717, 1.165) is 30.0 Å². The second-order valence-corrected chi connectivity index (χ2v) is 9.64. The maximum atomic E-state index is 12.9. The lowest BCUT2D eigenvalue weighted by atomic mass is 10.2. The molecule has 0 radical (unpaired) electrons. The molecular weight excluding hydrogens is 424 g/mol. The van der Waals surface area contributed by atoms with Crippen molar-refractivity contribution in [1.82, 2.24) is 0 Å². The summed E-state index contributed by atoms with van der Waals surface area (Å²) in [7, 11) is -2.78. The molecular formula is C21H30N2O5S2. The molecule has 1 aromatic carbocycles. The lowest BCUT2D eigenvalue weighted by Crippen LogP contribution is -2.17. The van der Waals surface area contributed by atoms with Gasteiger partial charge in [-0.05, 0) is 43.8 Å². The first-order chi connectivity index (χ1) is 14.3. The number of rotatable bonds is 12. The maximum Gasteiger partial charge on any atom is 0.349 e. The lowest BCUT2D eigenvalue weighted by molar-refractivity contribution is 0.0602. The summed E-state index contributed by atoms with van der Waals surface area (Å²) in [6.45, 7) is 6.76. The molecule has 7 nitrogen and oxygen atoms in total. The Morgan fingerprint density at radius 3 is 2.60 bits per heavy atom. The molecule has 30 heavy (non-hydrogen) atoms. The highest BCUT2D eigenvalue weighted by Gasteiger charge is 2.26. The molecule has 9 heteroatoms. The zero-order chi connectivity index (χ0) is 22.1. The first kappa shape index (κ1) is 24.0. The highest BCUT2D eigenvalue weighted by atomic mass is 32.2. The van der Waals surface area contributed by atoms with Crippen molar-refractivity contribution in [3.8, 4) is 5.75 Å². The normalized spacial score (nSPS) is 11.4. The van der Waals surface area contributed by atoms with E-state index in [2.05, 4.69) is 21.7 Å². The Hall–Kier alpha value is -2.26. The molecule has 0 fully saturated rings. The fraction of sp³-hybridized carbons (Fsp3) is 0.476. The quantitative estimate of drug-likeness (QED) is 0.342. The summed E-state index contributed by atoms with van der Waals surface area (Å²) in [6, 6.07) is 6.63. The summed E-state index contributed by atoms with van der Waals surface area (Å²) in [6.07, 6.45) is 4.49. The van der Waals surface area contributed by atoms with Crippen LogP contribution in [-0.2, 0) is 14.8 Å². The van der Waals surface area contributed by atoms with Crippen molar-refractivity contribution in [3.63, 3.8) is 0 Å². The summed E-state index contributed by atoms with van der Waals surface area (Å²) in [4.78, 5) is 11.8. The molecule has 0 atom stereocenters. The predicted molar refractivity (Wildman–Crippen MR) is 121 cm³/mol. The Labute approximate surface area is 182 Å². The van der Waals surface area contributed by atoms with Gasteiger partial charge in [0.15, 0.2) is 0 Å². The van der Waals surface area contributed by atoms with E-state index in [0.29, 0.717) is 11.4 Å². The average Bonchev–Trinajstić information content (AvgIpc) is 3.19. The Kier molecular flexibility index (Phi) is 8.98. The van der Waals surface area contributed by atoms with E-state index < -0.39 is 16.0 Å². The molecule has 2 aromatic rings. The average molecular weight is 455 g/mol. The van der Waals surface area contributed by atoms with Crippen LogP contribution in [0.1, 0.15) is 56.1 Å². The van der Waals surface area contributed by atoms with Gasteiger partial charge in [0.05, 0.1) is 18.9 Å². The van der Waals surface area contributed by atoms with E-state index >= 15 is 0 Å². The zero-order valence-corrected chi connectivity index (χ0v) is 19.5. The highest BCUT2D eigenvalue weighted by Crippen LogP contribution is 2.32. The van der Waals surface area contributed by atoms with Gasteiger partial charge in [-0.15, -0.1) is 11.3 Å². The minimum absolute atomic E-state index is 0.0293. The number of benzene rings is 1. The predicted octanol–water partition coefficient (Wildman–Crippen LogP) is 5.11. The van der Waals surface area contributed by atoms with Crippen LogP contribution in [0.25, 0.3) is 0 Å². The number of esters is 1. The van der Waals surface area contributed by atoms with E-state index in [1.54, 1.807) is 18.2 Å². The van der Waals surface area contributed by atoms with E-state index in [-0.39, 0.29) is 15.9 Å². The molecule has 2 rings (SSSR count). The molecule has 0 amide bonds. The molecule has 166 valence electrons. The number of sulfonamides is 1. The number of anilines is 2. The number of hydrogen-bond donors (Lipinski definition) is 2. The van der Waals surface area contributed by atoms with E-state index in [4.69, 9.17) is 4.74 Å². The molecule has 0 spiro atoms. The van der Waals surface area contributed by atoms with Crippen LogP contribution in [0, 0.1) is 0 Å². The summed E-state index contributed by atoms with van der Waals surface area (Å²) in [5.41, 5.74) is 1.16. The molecule has 0 aliphatic heterocycles. The number of carbonyl (C=O) groups excluding carboxylic acids is 1. The van der Waals surface area contributed by atoms with Crippen molar-refractivity contribution in [2.24, 2.45) is 0 Å². The number of ether oxygens (including phenoxy) is 2. The van der Waals surface area contributed by atoms with Crippen LogP contribution in [0.5, 0.6) is 5.75 Å². The van der Waals surface area contributed by atoms with Gasteiger partial charge in [0.1, 0.15) is 15.5 Å². The van der Waals surface area contributed by atoms with E-state index in [9.17, 15) is 13.2 Å². The first-order valence-corrected chi connectivity index (χ1v) is 12.4. The molecule has 0 aliphatic rings.